The maximum atomic E-state index is 3.98. The number of hydrogen-bond donors (Lipinski definition) is 0. The van der Waals surface area contributed by atoms with Crippen LogP contribution in [0.25, 0.3) is 6.08 Å². The Balaban J connectivity index is 1.33. The molecule has 0 unspecified atom stereocenters. The molecule has 40 heavy (non-hydrogen) atoms. The van der Waals surface area contributed by atoms with E-state index in [1.165, 1.54) is 11.1 Å². The van der Waals surface area contributed by atoms with Crippen LogP contribution in [0.2, 0.25) is 0 Å². The highest BCUT2D eigenvalue weighted by atomic mass is 15.2. The van der Waals surface area contributed by atoms with Gasteiger partial charge in [0.25, 0.3) is 0 Å². The molecule has 5 rings (SSSR count). The molecule has 196 valence electrons. The van der Waals surface area contributed by atoms with E-state index in [4.69, 9.17) is 0 Å². The Hall–Kier alpha value is -5.08. The third kappa shape index (κ3) is 6.67. The lowest BCUT2D eigenvalue weighted by Gasteiger charge is -2.27. The van der Waals surface area contributed by atoms with E-state index >= 15 is 0 Å². The number of allylic oxidation sites excluding steroid dienone is 4. The van der Waals surface area contributed by atoms with Crippen LogP contribution >= 0.6 is 0 Å². The van der Waals surface area contributed by atoms with E-state index in [2.05, 4.69) is 175 Å². The smallest absolute Gasteiger partial charge is 0.0482 e. The van der Waals surface area contributed by atoms with Crippen molar-refractivity contribution in [2.45, 2.75) is 6.42 Å². The lowest BCUT2D eigenvalue weighted by molar-refractivity contribution is 1.20. The predicted octanol–water partition coefficient (Wildman–Crippen LogP) is 10.3. The van der Waals surface area contributed by atoms with Crippen LogP contribution in [-0.2, 0) is 6.42 Å². The Morgan fingerprint density at radius 3 is 1.75 bits per heavy atom. The van der Waals surface area contributed by atoms with E-state index in [9.17, 15) is 0 Å². The van der Waals surface area contributed by atoms with Gasteiger partial charge in [-0.15, -0.1) is 0 Å². The first-order valence-electron chi connectivity index (χ1n) is 13.6. The fourth-order valence-electron chi connectivity index (χ4n) is 4.71. The minimum absolute atomic E-state index is 0.878. The van der Waals surface area contributed by atoms with Gasteiger partial charge in [-0.3, -0.25) is 0 Å². The van der Waals surface area contributed by atoms with Crippen LogP contribution in [0.3, 0.4) is 0 Å². The highest BCUT2D eigenvalue weighted by Gasteiger charge is 2.13. The molecule has 0 saturated heterocycles. The van der Waals surface area contributed by atoms with Gasteiger partial charge >= 0.3 is 0 Å². The molecule has 2 heteroatoms. The Bertz CT molecular complexity index is 1530. The molecule has 0 aliphatic rings. The van der Waals surface area contributed by atoms with Gasteiger partial charge in [0.05, 0.1) is 0 Å². The molecular formula is C38H34N2. The molecule has 0 aliphatic carbocycles. The fourth-order valence-corrected chi connectivity index (χ4v) is 4.71. The van der Waals surface area contributed by atoms with Gasteiger partial charge in [0, 0.05) is 35.5 Å². The van der Waals surface area contributed by atoms with Crippen molar-refractivity contribution in [2.24, 2.45) is 0 Å². The molecule has 0 bridgehead atoms. The zero-order chi connectivity index (χ0) is 27.6. The average molecular weight is 519 g/mol. The van der Waals surface area contributed by atoms with Gasteiger partial charge in [-0.05, 0) is 77.7 Å². The van der Waals surface area contributed by atoms with Crippen LogP contribution in [0.5, 0.6) is 0 Å². The number of benzene rings is 5. The maximum absolute atomic E-state index is 3.98. The van der Waals surface area contributed by atoms with Gasteiger partial charge in [-0.2, -0.15) is 0 Å². The normalized spacial score (nSPS) is 11.4. The highest BCUT2D eigenvalue weighted by molar-refractivity contribution is 5.79. The van der Waals surface area contributed by atoms with Crippen molar-refractivity contribution in [3.8, 4) is 0 Å². The molecule has 5 aromatic carbocycles. The van der Waals surface area contributed by atoms with Crippen molar-refractivity contribution < 1.29 is 0 Å². The summed E-state index contributed by atoms with van der Waals surface area (Å²) >= 11 is 0. The van der Waals surface area contributed by atoms with E-state index in [-0.39, 0.29) is 0 Å². The second kappa shape index (κ2) is 13.1. The van der Waals surface area contributed by atoms with Gasteiger partial charge in [0.15, 0.2) is 0 Å². The standard InChI is InChI=1S/C38H34N2/c1-3-31(29-33-15-7-4-8-16-33)17-13-18-32-25-27-34(28-26-32)39(2)37-23-14-24-38(30-37)40(35-19-9-5-10-20-35)36-21-11-6-12-22-36/h3-28,30H,1,29H2,2H3/b18-13+,31-17+. The van der Waals surface area contributed by atoms with Crippen LogP contribution in [0.1, 0.15) is 11.1 Å². The quantitative estimate of drug-likeness (QED) is 0.170. The van der Waals surface area contributed by atoms with Gasteiger partial charge in [0.2, 0.25) is 0 Å². The van der Waals surface area contributed by atoms with Crippen molar-refractivity contribution >= 4 is 34.5 Å². The molecule has 0 heterocycles. The Labute approximate surface area is 238 Å². The monoisotopic (exact) mass is 518 g/mol. The first kappa shape index (κ1) is 26.5. The van der Waals surface area contributed by atoms with Gasteiger partial charge in [0.1, 0.15) is 0 Å². The maximum Gasteiger partial charge on any atom is 0.0482 e. The van der Waals surface area contributed by atoms with E-state index < -0.39 is 0 Å². The van der Waals surface area contributed by atoms with Crippen molar-refractivity contribution in [2.75, 3.05) is 16.8 Å². The summed E-state index contributed by atoms with van der Waals surface area (Å²) in [6, 6.07) is 48.8. The van der Waals surface area contributed by atoms with Gasteiger partial charge < -0.3 is 9.80 Å². The molecular weight excluding hydrogens is 484 g/mol. The molecule has 0 saturated carbocycles. The second-order valence-electron chi connectivity index (χ2n) is 9.64. The summed E-state index contributed by atoms with van der Waals surface area (Å²) in [5, 5.41) is 0. The van der Waals surface area contributed by atoms with Crippen LogP contribution in [-0.4, -0.2) is 7.05 Å². The fraction of sp³-hybridized carbons (Fsp3) is 0.0526. The van der Waals surface area contributed by atoms with Crippen molar-refractivity contribution in [1.29, 1.82) is 0 Å². The molecule has 0 radical (unpaired) electrons. The summed E-state index contributed by atoms with van der Waals surface area (Å²) in [6.45, 7) is 3.98. The zero-order valence-electron chi connectivity index (χ0n) is 22.9. The SMILES string of the molecule is C=C/C(=C\C=C\c1ccc(N(C)c2cccc(N(c3ccccc3)c3ccccc3)c2)cc1)Cc1ccccc1. The molecule has 0 aliphatic heterocycles. The summed E-state index contributed by atoms with van der Waals surface area (Å²) in [6.07, 6.45) is 9.18. The predicted molar refractivity (Wildman–Crippen MR) is 173 cm³/mol. The number of nitrogens with zero attached hydrogens (tertiary/aromatic N) is 2. The zero-order valence-corrected chi connectivity index (χ0v) is 22.9. The largest absolute Gasteiger partial charge is 0.345 e. The van der Waals surface area contributed by atoms with Crippen LogP contribution in [0, 0.1) is 0 Å². The number of hydrogen-bond acceptors (Lipinski definition) is 2. The van der Waals surface area contributed by atoms with Gasteiger partial charge in [-0.1, -0.05) is 116 Å². The Morgan fingerprint density at radius 1 is 0.600 bits per heavy atom. The number of anilines is 5. The Kier molecular flexibility index (Phi) is 8.70. The molecule has 5 aromatic rings. The third-order valence-corrected chi connectivity index (χ3v) is 6.90. The van der Waals surface area contributed by atoms with E-state index in [1.54, 1.807) is 0 Å². The highest BCUT2D eigenvalue weighted by Crippen LogP contribution is 2.36. The van der Waals surface area contributed by atoms with Crippen LogP contribution < -0.4 is 9.80 Å². The summed E-state index contributed by atoms with van der Waals surface area (Å²) in [7, 11) is 2.11. The minimum atomic E-state index is 0.878. The van der Waals surface area contributed by atoms with E-state index in [0.29, 0.717) is 0 Å². The third-order valence-electron chi connectivity index (χ3n) is 6.90. The Morgan fingerprint density at radius 2 is 1.15 bits per heavy atom. The van der Waals surface area contributed by atoms with Crippen LogP contribution in [0.15, 0.2) is 170 Å². The topological polar surface area (TPSA) is 6.48 Å². The number of rotatable bonds is 10. The van der Waals surface area contributed by atoms with E-state index in [0.717, 1.165) is 40.4 Å². The van der Waals surface area contributed by atoms with Gasteiger partial charge in [-0.25, -0.2) is 0 Å². The average Bonchev–Trinajstić information content (AvgIpc) is 3.02. The molecule has 0 atom stereocenters. The van der Waals surface area contributed by atoms with E-state index in [1.807, 2.05) is 12.1 Å². The molecule has 0 aromatic heterocycles. The number of para-hydroxylation sites is 2. The molecule has 0 spiro atoms. The summed E-state index contributed by atoms with van der Waals surface area (Å²) in [4.78, 5) is 4.51. The first-order chi connectivity index (χ1) is 19.7. The van der Waals surface area contributed by atoms with Crippen LogP contribution in [0.4, 0.5) is 28.4 Å². The lowest BCUT2D eigenvalue weighted by atomic mass is 10.0. The summed E-state index contributed by atoms with van der Waals surface area (Å²) in [5.41, 5.74) is 9.26. The second-order valence-corrected chi connectivity index (χ2v) is 9.64. The molecule has 0 N–H and O–H groups in total. The molecule has 0 fully saturated rings. The van der Waals surface area contributed by atoms with Crippen molar-refractivity contribution in [3.63, 3.8) is 0 Å². The molecule has 2 nitrogen and oxygen atoms in total. The summed E-state index contributed by atoms with van der Waals surface area (Å²) in [5.74, 6) is 0. The minimum Gasteiger partial charge on any atom is -0.345 e. The summed E-state index contributed by atoms with van der Waals surface area (Å²) < 4.78 is 0. The van der Waals surface area contributed by atoms with Crippen molar-refractivity contribution in [1.82, 2.24) is 0 Å². The lowest BCUT2D eigenvalue weighted by Crippen LogP contribution is -2.12. The van der Waals surface area contributed by atoms with Crippen molar-refractivity contribution in [3.05, 3.63) is 181 Å². The molecule has 0 amide bonds. The first-order valence-corrected chi connectivity index (χ1v) is 13.6.